The molecular formula is C50H40B2O6. The molecule has 282 valence electrons. The van der Waals surface area contributed by atoms with E-state index >= 15 is 0 Å². The summed E-state index contributed by atoms with van der Waals surface area (Å²) in [5.41, 5.74) is 8.51. The zero-order valence-electron chi connectivity index (χ0n) is 33.3. The molecule has 0 radical (unpaired) electrons. The molecule has 0 unspecified atom stereocenters. The molecule has 0 spiro atoms. The van der Waals surface area contributed by atoms with Crippen LogP contribution in [0.5, 0.6) is 69.0 Å². The van der Waals surface area contributed by atoms with Crippen molar-refractivity contribution in [1.82, 2.24) is 0 Å². The molecule has 8 heteroatoms. The lowest BCUT2D eigenvalue weighted by Crippen LogP contribution is -2.61. The summed E-state index contributed by atoms with van der Waals surface area (Å²) in [4.78, 5) is 0. The molecule has 4 aliphatic rings. The number of benzene rings is 7. The van der Waals surface area contributed by atoms with Gasteiger partial charge in [0.05, 0.1) is 0 Å². The molecule has 7 aromatic carbocycles. The van der Waals surface area contributed by atoms with E-state index in [2.05, 4.69) is 90.1 Å². The van der Waals surface area contributed by atoms with E-state index in [1.807, 2.05) is 84.9 Å². The Balaban J connectivity index is 1.10. The van der Waals surface area contributed by atoms with Gasteiger partial charge in [0, 0.05) is 41.3 Å². The second kappa shape index (κ2) is 12.5. The maximum Gasteiger partial charge on any atom is 0.260 e. The van der Waals surface area contributed by atoms with Crippen LogP contribution in [0.2, 0.25) is 0 Å². The molecule has 58 heavy (non-hydrogen) atoms. The van der Waals surface area contributed by atoms with Gasteiger partial charge in [-0.3, -0.25) is 0 Å². The largest absolute Gasteiger partial charge is 0.458 e. The van der Waals surface area contributed by atoms with Crippen LogP contribution in [0, 0.1) is 0 Å². The molecule has 0 N–H and O–H groups in total. The van der Waals surface area contributed by atoms with Crippen molar-refractivity contribution in [3.8, 4) is 69.0 Å². The smallest absolute Gasteiger partial charge is 0.260 e. The summed E-state index contributed by atoms with van der Waals surface area (Å²) < 4.78 is 40.2. The first-order valence-corrected chi connectivity index (χ1v) is 19.9. The van der Waals surface area contributed by atoms with E-state index in [1.54, 1.807) is 0 Å². The molecule has 6 nitrogen and oxygen atoms in total. The van der Waals surface area contributed by atoms with Crippen LogP contribution in [0.15, 0.2) is 133 Å². The van der Waals surface area contributed by atoms with Gasteiger partial charge in [0.25, 0.3) is 13.4 Å². The van der Waals surface area contributed by atoms with E-state index in [9.17, 15) is 0 Å². The van der Waals surface area contributed by atoms with Crippen molar-refractivity contribution in [3.05, 3.63) is 145 Å². The Hall–Kier alpha value is -6.53. The van der Waals surface area contributed by atoms with Crippen LogP contribution in [-0.2, 0) is 10.8 Å². The van der Waals surface area contributed by atoms with Gasteiger partial charge in [0.15, 0.2) is 0 Å². The first-order valence-electron chi connectivity index (χ1n) is 19.9. The van der Waals surface area contributed by atoms with Gasteiger partial charge < -0.3 is 28.4 Å². The highest BCUT2D eigenvalue weighted by Gasteiger charge is 2.46. The zero-order valence-corrected chi connectivity index (χ0v) is 33.3. The highest BCUT2D eigenvalue weighted by molar-refractivity contribution is 7.01. The quantitative estimate of drug-likeness (QED) is 0.167. The van der Waals surface area contributed by atoms with E-state index in [4.69, 9.17) is 28.4 Å². The van der Waals surface area contributed by atoms with Crippen molar-refractivity contribution in [1.29, 1.82) is 0 Å². The summed E-state index contributed by atoms with van der Waals surface area (Å²) in [6.45, 7) is 13.0. The Labute approximate surface area is 339 Å². The first-order chi connectivity index (χ1) is 27.9. The van der Waals surface area contributed by atoms with Gasteiger partial charge in [-0.2, -0.15) is 0 Å². The maximum atomic E-state index is 6.89. The predicted molar refractivity (Wildman–Crippen MR) is 232 cm³/mol. The van der Waals surface area contributed by atoms with E-state index in [-0.39, 0.29) is 24.3 Å². The number of fused-ring (bicyclic) bond motifs is 8. The Morgan fingerprint density at radius 1 is 0.345 bits per heavy atom. The summed E-state index contributed by atoms with van der Waals surface area (Å²) in [7, 11) is 0. The Morgan fingerprint density at radius 2 is 0.707 bits per heavy atom. The predicted octanol–water partition coefficient (Wildman–Crippen LogP) is 9.32. The van der Waals surface area contributed by atoms with Gasteiger partial charge in [0.1, 0.15) is 69.0 Å². The van der Waals surface area contributed by atoms with Gasteiger partial charge >= 0.3 is 0 Å². The highest BCUT2D eigenvalue weighted by Crippen LogP contribution is 2.44. The van der Waals surface area contributed by atoms with E-state index in [0.717, 1.165) is 78.8 Å². The summed E-state index contributed by atoms with van der Waals surface area (Å²) >= 11 is 0. The molecule has 0 atom stereocenters. The fourth-order valence-corrected chi connectivity index (χ4v) is 8.74. The standard InChI is InChI=1S/C50H40B2O6/c1-49(2,3)29-17-19-35-39(21-29)55-43-23-33(53-31-13-9-7-10-14-31)25-45-47(43)51(35)37-27-38-42(28-41(37)57-45)58-46-26-34(54-32-15-11-8-12-16-32)24-44-48(46)52(38)36-20-18-30(50(4,5)6)22-40(36)56-44/h7-28H,1-6H3. The highest BCUT2D eigenvalue weighted by atomic mass is 16.5. The minimum Gasteiger partial charge on any atom is -0.458 e. The van der Waals surface area contributed by atoms with Crippen LogP contribution in [0.3, 0.4) is 0 Å². The number of para-hydroxylation sites is 2. The van der Waals surface area contributed by atoms with Crippen molar-refractivity contribution in [3.63, 3.8) is 0 Å². The summed E-state index contributed by atoms with van der Waals surface area (Å²) in [5.74, 6) is 8.66. The lowest BCUT2D eigenvalue weighted by molar-refractivity contribution is 0.434. The average molecular weight is 758 g/mol. The molecule has 0 saturated heterocycles. The molecule has 0 aliphatic carbocycles. The molecule has 7 aromatic rings. The van der Waals surface area contributed by atoms with Crippen molar-refractivity contribution in [2.45, 2.75) is 52.4 Å². The van der Waals surface area contributed by atoms with Crippen LogP contribution in [-0.4, -0.2) is 13.4 Å². The molecular weight excluding hydrogens is 718 g/mol. The summed E-state index contributed by atoms with van der Waals surface area (Å²) in [6, 6.07) is 45.1. The number of ether oxygens (including phenoxy) is 6. The van der Waals surface area contributed by atoms with Crippen LogP contribution < -0.4 is 61.2 Å². The SMILES string of the molecule is CC(C)(C)c1ccc2c(c1)Oc1cc(Oc3ccccc3)cc3c1B2c1cc2c(cc1O3)Oc1cc(Oc3ccccc3)cc3c1B2c1ccc(C(C)(C)C)cc1O3. The average Bonchev–Trinajstić information content (AvgIpc) is 3.19. The zero-order chi connectivity index (χ0) is 39.5. The van der Waals surface area contributed by atoms with Gasteiger partial charge in [-0.25, -0.2) is 0 Å². The minimum absolute atomic E-state index is 0.0630. The number of rotatable bonds is 4. The third-order valence-electron chi connectivity index (χ3n) is 11.7. The lowest BCUT2D eigenvalue weighted by Gasteiger charge is -2.37. The Bertz CT molecular complexity index is 2630. The normalized spacial score (nSPS) is 13.8. The van der Waals surface area contributed by atoms with E-state index in [0.29, 0.717) is 23.0 Å². The number of hydrogen-bond donors (Lipinski definition) is 0. The second-order valence-electron chi connectivity index (χ2n) is 17.7. The molecule has 4 heterocycles. The molecule has 0 saturated carbocycles. The van der Waals surface area contributed by atoms with Crippen molar-refractivity contribution < 1.29 is 28.4 Å². The molecule has 4 aliphatic heterocycles. The maximum absolute atomic E-state index is 6.89. The summed E-state index contributed by atoms with van der Waals surface area (Å²) in [6.07, 6.45) is 0. The van der Waals surface area contributed by atoms with Crippen molar-refractivity contribution in [2.24, 2.45) is 0 Å². The fourth-order valence-electron chi connectivity index (χ4n) is 8.74. The van der Waals surface area contributed by atoms with E-state index < -0.39 is 0 Å². The van der Waals surface area contributed by atoms with Crippen LogP contribution in [0.25, 0.3) is 0 Å². The second-order valence-corrected chi connectivity index (χ2v) is 17.7. The van der Waals surface area contributed by atoms with Crippen molar-refractivity contribution in [2.75, 3.05) is 0 Å². The van der Waals surface area contributed by atoms with Crippen LogP contribution in [0.1, 0.15) is 52.7 Å². The van der Waals surface area contributed by atoms with Crippen LogP contribution >= 0.6 is 0 Å². The van der Waals surface area contributed by atoms with E-state index in [1.165, 1.54) is 11.1 Å². The lowest BCUT2D eigenvalue weighted by atomic mass is 9.31. The molecule has 0 amide bonds. The van der Waals surface area contributed by atoms with Gasteiger partial charge in [0.2, 0.25) is 0 Å². The monoisotopic (exact) mass is 758 g/mol. The fraction of sp³-hybridized carbons (Fsp3) is 0.160. The topological polar surface area (TPSA) is 55.4 Å². The number of hydrogen-bond acceptors (Lipinski definition) is 6. The van der Waals surface area contributed by atoms with Gasteiger partial charge in [-0.1, -0.05) is 108 Å². The van der Waals surface area contributed by atoms with Crippen molar-refractivity contribution >= 4 is 46.2 Å². The molecule has 11 rings (SSSR count). The third kappa shape index (κ3) is 5.65. The molecule has 0 bridgehead atoms. The molecule has 0 aromatic heterocycles. The van der Waals surface area contributed by atoms with Gasteiger partial charge in [-0.15, -0.1) is 0 Å². The first kappa shape index (κ1) is 34.7. The van der Waals surface area contributed by atoms with Gasteiger partial charge in [-0.05, 0) is 80.2 Å². The Morgan fingerprint density at radius 3 is 1.07 bits per heavy atom. The molecule has 0 fully saturated rings. The minimum atomic E-state index is -0.160. The third-order valence-corrected chi connectivity index (χ3v) is 11.7. The summed E-state index contributed by atoms with van der Waals surface area (Å²) in [5, 5.41) is 0. The Kier molecular flexibility index (Phi) is 7.47. The van der Waals surface area contributed by atoms with Crippen LogP contribution in [0.4, 0.5) is 0 Å².